The first-order chi connectivity index (χ1) is 11.3. The van der Waals surface area contributed by atoms with Gasteiger partial charge < -0.3 is 4.90 Å². The van der Waals surface area contributed by atoms with Crippen LogP contribution in [0.2, 0.25) is 0 Å². The third-order valence-corrected chi connectivity index (χ3v) is 5.21. The fourth-order valence-corrected chi connectivity index (χ4v) is 4.01. The second kappa shape index (κ2) is 5.86. The average molecular weight is 324 g/mol. The Labute approximate surface area is 141 Å². The smallest absolute Gasteiger partial charge is 0.260 e. The maximum absolute atomic E-state index is 13.1. The summed E-state index contributed by atoms with van der Waals surface area (Å²) in [6.45, 7) is 0. The van der Waals surface area contributed by atoms with Crippen LogP contribution >= 0.6 is 11.6 Å². The Hall–Kier alpha value is -2.06. The van der Waals surface area contributed by atoms with Crippen LogP contribution in [0, 0.1) is 0 Å². The molecule has 1 amide bonds. The van der Waals surface area contributed by atoms with Crippen molar-refractivity contribution in [2.45, 2.75) is 31.7 Å². The lowest BCUT2D eigenvalue weighted by atomic mass is 10.0. The number of fused-ring (bicyclic) bond motifs is 1. The molecule has 1 aliphatic heterocycles. The predicted molar refractivity (Wildman–Crippen MR) is 95.3 cm³/mol. The van der Waals surface area contributed by atoms with Gasteiger partial charge in [0, 0.05) is 11.6 Å². The molecular weight excluding hydrogens is 306 g/mol. The molecule has 0 bridgehead atoms. The maximum Gasteiger partial charge on any atom is 0.260 e. The summed E-state index contributed by atoms with van der Waals surface area (Å²) in [4.78, 5) is 15.1. The fourth-order valence-electron chi connectivity index (χ4n) is 3.71. The van der Waals surface area contributed by atoms with Crippen molar-refractivity contribution in [3.8, 4) is 0 Å². The quantitative estimate of drug-likeness (QED) is 0.705. The number of nitrogens with zero attached hydrogens (tertiary/aromatic N) is 1. The molecule has 0 unspecified atom stereocenters. The molecule has 3 heteroatoms. The van der Waals surface area contributed by atoms with Crippen LogP contribution in [-0.2, 0) is 4.79 Å². The SMILES string of the molecule is O=C1/C(=C(\Cl)c2ccccc2)c2ccccc2N1C1CCCC1. The van der Waals surface area contributed by atoms with Crippen LogP contribution in [0.25, 0.3) is 10.6 Å². The monoisotopic (exact) mass is 323 g/mol. The first-order valence-corrected chi connectivity index (χ1v) is 8.53. The van der Waals surface area contributed by atoms with Crippen LogP contribution in [0.15, 0.2) is 54.6 Å². The number of hydrogen-bond acceptors (Lipinski definition) is 1. The van der Waals surface area contributed by atoms with Gasteiger partial charge in [-0.1, -0.05) is 73.0 Å². The van der Waals surface area contributed by atoms with E-state index in [1.165, 1.54) is 12.8 Å². The minimum Gasteiger partial charge on any atom is -0.305 e. The molecule has 0 N–H and O–H groups in total. The van der Waals surface area contributed by atoms with Gasteiger partial charge in [0.05, 0.1) is 16.3 Å². The zero-order valence-corrected chi connectivity index (χ0v) is 13.6. The highest BCUT2D eigenvalue weighted by atomic mass is 35.5. The Morgan fingerprint density at radius 3 is 2.35 bits per heavy atom. The van der Waals surface area contributed by atoms with Crippen molar-refractivity contribution in [2.24, 2.45) is 0 Å². The molecule has 2 aliphatic rings. The van der Waals surface area contributed by atoms with E-state index in [0.29, 0.717) is 16.6 Å². The molecule has 1 saturated carbocycles. The van der Waals surface area contributed by atoms with Gasteiger partial charge in [0.15, 0.2) is 0 Å². The summed E-state index contributed by atoms with van der Waals surface area (Å²) in [7, 11) is 0. The summed E-state index contributed by atoms with van der Waals surface area (Å²) in [5.74, 6) is 0.0481. The Kier molecular flexibility index (Phi) is 3.70. The molecule has 2 nitrogen and oxygen atoms in total. The summed E-state index contributed by atoms with van der Waals surface area (Å²) in [6, 6.07) is 18.0. The second-order valence-electron chi connectivity index (χ2n) is 6.19. The van der Waals surface area contributed by atoms with Gasteiger partial charge in [-0.05, 0) is 24.5 Å². The number of carbonyl (C=O) groups is 1. The van der Waals surface area contributed by atoms with Gasteiger partial charge in [-0.25, -0.2) is 0 Å². The van der Waals surface area contributed by atoms with E-state index in [2.05, 4.69) is 0 Å². The van der Waals surface area contributed by atoms with Gasteiger partial charge in [-0.3, -0.25) is 4.79 Å². The molecule has 0 spiro atoms. The van der Waals surface area contributed by atoms with E-state index in [0.717, 1.165) is 29.7 Å². The lowest BCUT2D eigenvalue weighted by Gasteiger charge is -2.24. The van der Waals surface area contributed by atoms with Crippen molar-refractivity contribution < 1.29 is 4.79 Å². The molecule has 0 atom stereocenters. The van der Waals surface area contributed by atoms with Crippen molar-refractivity contribution >= 4 is 33.8 Å². The lowest BCUT2D eigenvalue weighted by Crippen LogP contribution is -2.35. The summed E-state index contributed by atoms with van der Waals surface area (Å²) in [5.41, 5.74) is 3.49. The molecule has 116 valence electrons. The van der Waals surface area contributed by atoms with Gasteiger partial charge in [0.1, 0.15) is 0 Å². The fraction of sp³-hybridized carbons (Fsp3) is 0.250. The second-order valence-corrected chi connectivity index (χ2v) is 6.56. The van der Waals surface area contributed by atoms with Crippen LogP contribution in [0.5, 0.6) is 0 Å². The van der Waals surface area contributed by atoms with Crippen molar-refractivity contribution in [1.82, 2.24) is 0 Å². The normalized spacial score (nSPS) is 20.0. The molecule has 4 rings (SSSR count). The largest absolute Gasteiger partial charge is 0.305 e. The topological polar surface area (TPSA) is 20.3 Å². The van der Waals surface area contributed by atoms with Crippen molar-refractivity contribution in [1.29, 1.82) is 0 Å². The van der Waals surface area contributed by atoms with Gasteiger partial charge in [-0.15, -0.1) is 0 Å². The summed E-state index contributed by atoms with van der Waals surface area (Å²) in [5, 5.41) is 0.545. The van der Waals surface area contributed by atoms with Gasteiger partial charge in [0.25, 0.3) is 5.91 Å². The molecule has 1 aliphatic carbocycles. The average Bonchev–Trinajstić information content (AvgIpc) is 3.20. The van der Waals surface area contributed by atoms with Crippen LogP contribution in [-0.4, -0.2) is 11.9 Å². The standard InChI is InChI=1S/C20H18ClNO/c21-19(14-8-2-1-3-9-14)18-16-12-6-7-13-17(16)22(20(18)23)15-10-4-5-11-15/h1-3,6-9,12-13,15H,4-5,10-11H2/b19-18-. The van der Waals surface area contributed by atoms with E-state index in [4.69, 9.17) is 11.6 Å². The summed E-state index contributed by atoms with van der Waals surface area (Å²) >= 11 is 6.64. The Bertz CT molecular complexity index is 775. The zero-order valence-electron chi connectivity index (χ0n) is 12.8. The molecule has 2 aromatic carbocycles. The third kappa shape index (κ3) is 2.38. The summed E-state index contributed by atoms with van der Waals surface area (Å²) < 4.78 is 0. The molecule has 23 heavy (non-hydrogen) atoms. The van der Waals surface area contributed by atoms with Crippen LogP contribution in [0.4, 0.5) is 5.69 Å². The number of benzene rings is 2. The Morgan fingerprint density at radius 1 is 0.957 bits per heavy atom. The minimum atomic E-state index is 0.0481. The lowest BCUT2D eigenvalue weighted by molar-refractivity contribution is -0.113. The van der Waals surface area contributed by atoms with E-state index < -0.39 is 0 Å². The van der Waals surface area contributed by atoms with E-state index in [9.17, 15) is 4.79 Å². The van der Waals surface area contributed by atoms with Gasteiger partial charge in [-0.2, -0.15) is 0 Å². The molecule has 1 fully saturated rings. The molecule has 1 heterocycles. The maximum atomic E-state index is 13.1. The number of carbonyl (C=O) groups excluding carboxylic acids is 1. The van der Waals surface area contributed by atoms with E-state index >= 15 is 0 Å². The molecular formula is C20H18ClNO. The number of amides is 1. The van der Waals surface area contributed by atoms with Gasteiger partial charge >= 0.3 is 0 Å². The first kappa shape index (κ1) is 14.5. The van der Waals surface area contributed by atoms with Crippen LogP contribution in [0.1, 0.15) is 36.8 Å². The Morgan fingerprint density at radius 2 is 1.61 bits per heavy atom. The molecule has 2 aromatic rings. The van der Waals surface area contributed by atoms with E-state index in [-0.39, 0.29) is 5.91 Å². The highest BCUT2D eigenvalue weighted by Gasteiger charge is 2.39. The third-order valence-electron chi connectivity index (χ3n) is 4.80. The van der Waals surface area contributed by atoms with Crippen molar-refractivity contribution in [3.05, 3.63) is 65.7 Å². The predicted octanol–water partition coefficient (Wildman–Crippen LogP) is 5.08. The summed E-state index contributed by atoms with van der Waals surface area (Å²) in [6.07, 6.45) is 4.55. The number of para-hydroxylation sites is 1. The van der Waals surface area contributed by atoms with Crippen LogP contribution < -0.4 is 4.90 Å². The van der Waals surface area contributed by atoms with Crippen molar-refractivity contribution in [2.75, 3.05) is 4.90 Å². The number of halogens is 1. The van der Waals surface area contributed by atoms with Crippen LogP contribution in [0.3, 0.4) is 0 Å². The minimum absolute atomic E-state index is 0.0481. The first-order valence-electron chi connectivity index (χ1n) is 8.15. The highest BCUT2D eigenvalue weighted by molar-refractivity contribution is 6.59. The van der Waals surface area contributed by atoms with E-state index in [1.807, 2.05) is 59.5 Å². The van der Waals surface area contributed by atoms with Crippen molar-refractivity contribution in [3.63, 3.8) is 0 Å². The molecule has 0 saturated heterocycles. The molecule has 0 aromatic heterocycles. The number of rotatable bonds is 2. The number of hydrogen-bond donors (Lipinski definition) is 0. The zero-order chi connectivity index (χ0) is 15.8. The van der Waals surface area contributed by atoms with Gasteiger partial charge in [0.2, 0.25) is 0 Å². The number of anilines is 1. The Balaban J connectivity index is 1.87. The molecule has 0 radical (unpaired) electrons. The highest BCUT2D eigenvalue weighted by Crippen LogP contribution is 2.44. The van der Waals surface area contributed by atoms with E-state index in [1.54, 1.807) is 0 Å².